The molecule has 2 N–H and O–H groups in total. The topological polar surface area (TPSA) is 69.9 Å². The van der Waals surface area contributed by atoms with E-state index in [4.69, 9.17) is 9.41 Å². The molecule has 1 unspecified atom stereocenters. The third-order valence-electron chi connectivity index (χ3n) is 6.01. The molecule has 6 nitrogen and oxygen atoms in total. The molecule has 3 heterocycles. The lowest BCUT2D eigenvalue weighted by Gasteiger charge is -2.26. The van der Waals surface area contributed by atoms with E-state index in [1.807, 2.05) is 12.1 Å². The number of halogens is 1. The van der Waals surface area contributed by atoms with Gasteiger partial charge in [-0.05, 0) is 42.8 Å². The van der Waals surface area contributed by atoms with Gasteiger partial charge in [0.25, 0.3) is 0 Å². The summed E-state index contributed by atoms with van der Waals surface area (Å²) >= 11 is 1.72. The average Bonchev–Trinajstić information content (AvgIpc) is 3.55. The van der Waals surface area contributed by atoms with Crippen LogP contribution in [-0.4, -0.2) is 42.4 Å². The van der Waals surface area contributed by atoms with Gasteiger partial charge in [-0.3, -0.25) is 4.79 Å². The summed E-state index contributed by atoms with van der Waals surface area (Å²) in [6.45, 7) is 3.03. The Bertz CT molecular complexity index is 804. The van der Waals surface area contributed by atoms with Crippen molar-refractivity contribution in [3.05, 3.63) is 46.5 Å². The molecule has 0 bridgehead atoms. The molecule has 2 aliphatic rings. The second kappa shape index (κ2) is 12.5. The molecular formula is C23H33IN4O2S. The van der Waals surface area contributed by atoms with Gasteiger partial charge in [0.1, 0.15) is 5.76 Å². The minimum Gasteiger partial charge on any atom is -0.469 e. The number of carbonyl (C=O) groups excluding carboxylic acids is 1. The molecule has 1 aliphatic heterocycles. The van der Waals surface area contributed by atoms with Crippen LogP contribution in [0, 0.1) is 5.92 Å². The van der Waals surface area contributed by atoms with Crippen molar-refractivity contribution in [1.82, 2.24) is 15.5 Å². The fourth-order valence-corrected chi connectivity index (χ4v) is 4.98. The maximum atomic E-state index is 12.9. The van der Waals surface area contributed by atoms with Gasteiger partial charge in [-0.2, -0.15) is 0 Å². The van der Waals surface area contributed by atoms with E-state index >= 15 is 0 Å². The van der Waals surface area contributed by atoms with Crippen LogP contribution in [0.3, 0.4) is 0 Å². The van der Waals surface area contributed by atoms with Crippen LogP contribution in [0.4, 0.5) is 0 Å². The predicted octanol–water partition coefficient (Wildman–Crippen LogP) is 4.42. The third-order valence-corrected chi connectivity index (χ3v) is 6.87. The molecule has 8 heteroatoms. The zero-order valence-corrected chi connectivity index (χ0v) is 21.1. The van der Waals surface area contributed by atoms with Crippen molar-refractivity contribution >= 4 is 47.2 Å². The summed E-state index contributed by atoms with van der Waals surface area (Å²) in [7, 11) is 0. The lowest BCUT2D eigenvalue weighted by molar-refractivity contribution is -0.135. The van der Waals surface area contributed by atoms with Gasteiger partial charge in [0.2, 0.25) is 5.91 Å². The van der Waals surface area contributed by atoms with Gasteiger partial charge in [0.15, 0.2) is 5.96 Å². The highest BCUT2D eigenvalue weighted by Gasteiger charge is 2.31. The van der Waals surface area contributed by atoms with Crippen molar-refractivity contribution in [3.63, 3.8) is 0 Å². The molecule has 2 fully saturated rings. The monoisotopic (exact) mass is 556 g/mol. The van der Waals surface area contributed by atoms with Crippen molar-refractivity contribution in [2.24, 2.45) is 10.9 Å². The minimum absolute atomic E-state index is 0. The van der Waals surface area contributed by atoms with Gasteiger partial charge in [0.05, 0.1) is 12.8 Å². The van der Waals surface area contributed by atoms with Gasteiger partial charge in [-0.1, -0.05) is 25.3 Å². The summed E-state index contributed by atoms with van der Waals surface area (Å²) in [6.07, 6.45) is 9.29. The predicted molar refractivity (Wildman–Crippen MR) is 136 cm³/mol. The molecule has 1 aliphatic carbocycles. The second-order valence-corrected chi connectivity index (χ2v) is 9.28. The number of furan rings is 1. The Morgan fingerprint density at radius 1 is 1.19 bits per heavy atom. The van der Waals surface area contributed by atoms with E-state index in [0.717, 1.165) is 57.0 Å². The van der Waals surface area contributed by atoms with Crippen LogP contribution in [0.15, 0.2) is 45.3 Å². The van der Waals surface area contributed by atoms with Crippen molar-refractivity contribution < 1.29 is 9.21 Å². The second-order valence-electron chi connectivity index (χ2n) is 8.25. The maximum Gasteiger partial charge on any atom is 0.225 e. The first-order valence-corrected chi connectivity index (χ1v) is 12.0. The lowest BCUT2D eigenvalue weighted by Crippen LogP contribution is -2.46. The van der Waals surface area contributed by atoms with Crippen LogP contribution < -0.4 is 10.6 Å². The first-order chi connectivity index (χ1) is 14.8. The molecule has 4 rings (SSSR count). The number of nitrogens with zero attached hydrogens (tertiary/aromatic N) is 2. The zero-order chi connectivity index (χ0) is 20.6. The number of guanidine groups is 1. The van der Waals surface area contributed by atoms with Crippen LogP contribution >= 0.6 is 35.3 Å². The van der Waals surface area contributed by atoms with E-state index in [2.05, 4.69) is 33.0 Å². The molecule has 31 heavy (non-hydrogen) atoms. The van der Waals surface area contributed by atoms with E-state index in [-0.39, 0.29) is 35.9 Å². The number of likely N-dealkylation sites (tertiary alicyclic amines) is 1. The number of nitrogens with one attached hydrogen (secondary N) is 2. The number of amides is 1. The fraction of sp³-hybridized carbons (Fsp3) is 0.565. The average molecular weight is 557 g/mol. The molecule has 2 aromatic heterocycles. The van der Waals surface area contributed by atoms with Crippen LogP contribution in [0.2, 0.25) is 0 Å². The molecule has 1 saturated carbocycles. The summed E-state index contributed by atoms with van der Waals surface area (Å²) < 4.78 is 5.42. The summed E-state index contributed by atoms with van der Waals surface area (Å²) in [5.74, 6) is 2.38. The highest BCUT2D eigenvalue weighted by molar-refractivity contribution is 14.0. The summed E-state index contributed by atoms with van der Waals surface area (Å²) in [6, 6.07) is 8.31. The van der Waals surface area contributed by atoms with Crippen molar-refractivity contribution in [1.29, 1.82) is 0 Å². The van der Waals surface area contributed by atoms with E-state index in [1.54, 1.807) is 17.6 Å². The van der Waals surface area contributed by atoms with Crippen molar-refractivity contribution in [2.75, 3.05) is 19.6 Å². The molecule has 0 radical (unpaired) electrons. The standard InChI is InChI=1S/C23H32N4O2S.HI/c28-22(18-6-2-1-3-7-18)27-13-11-19(17-27)26-23(25-16-21-9-5-15-30-21)24-12-10-20-8-4-14-29-20;/h4-5,8-9,14-15,18-19H,1-3,6-7,10-13,16-17H2,(H2,24,25,26);1H. The zero-order valence-electron chi connectivity index (χ0n) is 17.9. The first-order valence-electron chi connectivity index (χ1n) is 11.2. The van der Waals surface area contributed by atoms with Crippen molar-refractivity contribution in [2.45, 2.75) is 57.5 Å². The molecule has 2 aromatic rings. The molecule has 0 spiro atoms. The van der Waals surface area contributed by atoms with Gasteiger partial charge >= 0.3 is 0 Å². The SMILES string of the molecule is I.O=C(C1CCCCC1)N1CCC(NC(=NCc2cccs2)NCCc2ccco2)C1. The highest BCUT2D eigenvalue weighted by atomic mass is 127. The molecule has 1 amide bonds. The number of hydrogen-bond acceptors (Lipinski definition) is 4. The number of rotatable bonds is 7. The Balaban J connectivity index is 0.00000272. The highest BCUT2D eigenvalue weighted by Crippen LogP contribution is 2.26. The van der Waals surface area contributed by atoms with Crippen LogP contribution in [0.1, 0.15) is 49.2 Å². The van der Waals surface area contributed by atoms with Gasteiger partial charge < -0.3 is 20.0 Å². The Morgan fingerprint density at radius 3 is 2.81 bits per heavy atom. The van der Waals surface area contributed by atoms with Crippen molar-refractivity contribution in [3.8, 4) is 0 Å². The Kier molecular flexibility index (Phi) is 9.70. The molecule has 170 valence electrons. The van der Waals surface area contributed by atoms with Crippen LogP contribution in [-0.2, 0) is 17.8 Å². The van der Waals surface area contributed by atoms with Crippen LogP contribution in [0.5, 0.6) is 0 Å². The molecule has 1 atom stereocenters. The van der Waals surface area contributed by atoms with E-state index in [1.165, 1.54) is 24.1 Å². The maximum absolute atomic E-state index is 12.9. The minimum atomic E-state index is 0. The molecule has 1 saturated heterocycles. The quantitative estimate of drug-likeness (QED) is 0.301. The van der Waals surface area contributed by atoms with E-state index in [0.29, 0.717) is 12.5 Å². The number of thiophene rings is 1. The fourth-order valence-electron chi connectivity index (χ4n) is 4.35. The van der Waals surface area contributed by atoms with E-state index in [9.17, 15) is 4.79 Å². The number of carbonyl (C=O) groups is 1. The van der Waals surface area contributed by atoms with Gasteiger partial charge in [-0.25, -0.2) is 4.99 Å². The Morgan fingerprint density at radius 2 is 2.06 bits per heavy atom. The largest absolute Gasteiger partial charge is 0.469 e. The number of hydrogen-bond donors (Lipinski definition) is 2. The molecular weight excluding hydrogens is 523 g/mol. The van der Waals surface area contributed by atoms with E-state index < -0.39 is 0 Å². The molecule has 0 aromatic carbocycles. The number of aliphatic imine (C=N–C) groups is 1. The summed E-state index contributed by atoms with van der Waals surface area (Å²) in [5, 5.41) is 9.08. The smallest absolute Gasteiger partial charge is 0.225 e. The first kappa shape index (κ1) is 24.1. The Labute approximate surface area is 205 Å². The Hall–Kier alpha value is -1.55. The normalized spacial score (nSPS) is 19.8. The third kappa shape index (κ3) is 7.24. The van der Waals surface area contributed by atoms with Gasteiger partial charge in [-0.15, -0.1) is 35.3 Å². The van der Waals surface area contributed by atoms with Crippen LogP contribution in [0.25, 0.3) is 0 Å². The van der Waals surface area contributed by atoms with Gasteiger partial charge in [0, 0.05) is 42.9 Å². The summed E-state index contributed by atoms with van der Waals surface area (Å²) in [5.41, 5.74) is 0. The summed E-state index contributed by atoms with van der Waals surface area (Å²) in [4.78, 5) is 20.9. The lowest BCUT2D eigenvalue weighted by atomic mass is 9.88.